The van der Waals surface area contributed by atoms with Gasteiger partial charge in [-0.25, -0.2) is 0 Å². The van der Waals surface area contributed by atoms with Crippen molar-refractivity contribution in [3.63, 3.8) is 0 Å². The van der Waals surface area contributed by atoms with E-state index in [-0.39, 0.29) is 5.91 Å². The Balaban J connectivity index is 1.23. The largest absolute Gasteiger partial charge is 0.467 e. The molecule has 4 rings (SSSR count). The first-order chi connectivity index (χ1) is 14.7. The van der Waals surface area contributed by atoms with Gasteiger partial charge in [0.15, 0.2) is 5.82 Å². The van der Waals surface area contributed by atoms with E-state index in [9.17, 15) is 4.79 Å². The normalized spacial score (nSPS) is 14.0. The van der Waals surface area contributed by atoms with Gasteiger partial charge in [-0.15, -0.1) is 10.2 Å². The second-order valence-electron chi connectivity index (χ2n) is 7.19. The molecule has 0 bridgehead atoms. The zero-order valence-electron chi connectivity index (χ0n) is 17.0. The number of amides is 1. The first-order valence-corrected chi connectivity index (χ1v) is 11.0. The number of nitrogens with zero attached hydrogens (tertiary/aromatic N) is 4. The van der Waals surface area contributed by atoms with Gasteiger partial charge in [-0.3, -0.25) is 4.79 Å². The molecule has 1 aliphatic rings. The Morgan fingerprint density at radius 1 is 1.07 bits per heavy atom. The number of benzene rings is 1. The minimum Gasteiger partial charge on any atom is -0.467 e. The van der Waals surface area contributed by atoms with E-state index in [4.69, 9.17) is 4.42 Å². The van der Waals surface area contributed by atoms with E-state index < -0.39 is 0 Å². The number of aryl methyl sites for hydroxylation is 1. The summed E-state index contributed by atoms with van der Waals surface area (Å²) in [6.45, 7) is 6.24. The first-order valence-electron chi connectivity index (χ1n) is 9.99. The maximum absolute atomic E-state index is 12.0. The molecule has 0 saturated carbocycles. The number of piperazine rings is 1. The lowest BCUT2D eigenvalue weighted by molar-refractivity contribution is -0.118. The number of hydrogen-bond acceptors (Lipinski definition) is 7. The van der Waals surface area contributed by atoms with Crippen molar-refractivity contribution in [1.82, 2.24) is 15.5 Å². The summed E-state index contributed by atoms with van der Waals surface area (Å²) >= 11 is 1.38. The molecular weight excluding hydrogens is 398 g/mol. The highest BCUT2D eigenvalue weighted by Crippen LogP contribution is 2.21. The van der Waals surface area contributed by atoms with Crippen LogP contribution < -0.4 is 15.1 Å². The minimum atomic E-state index is -0.0606. The van der Waals surface area contributed by atoms with Gasteiger partial charge in [0.25, 0.3) is 0 Å². The van der Waals surface area contributed by atoms with Crippen molar-refractivity contribution in [3.05, 3.63) is 66.1 Å². The van der Waals surface area contributed by atoms with Crippen molar-refractivity contribution in [1.29, 1.82) is 0 Å². The van der Waals surface area contributed by atoms with Crippen LogP contribution in [0.1, 0.15) is 11.3 Å². The summed E-state index contributed by atoms with van der Waals surface area (Å²) in [5.74, 6) is 1.85. The summed E-state index contributed by atoms with van der Waals surface area (Å²) in [6.07, 6.45) is 1.59. The molecule has 30 heavy (non-hydrogen) atoms. The van der Waals surface area contributed by atoms with Crippen LogP contribution in [0.15, 0.2) is 64.2 Å². The Kier molecular flexibility index (Phi) is 6.53. The molecule has 0 radical (unpaired) electrons. The van der Waals surface area contributed by atoms with Crippen molar-refractivity contribution in [2.45, 2.75) is 18.5 Å². The van der Waals surface area contributed by atoms with E-state index in [1.54, 1.807) is 12.3 Å². The van der Waals surface area contributed by atoms with Gasteiger partial charge >= 0.3 is 0 Å². The van der Waals surface area contributed by atoms with Crippen molar-refractivity contribution in [3.8, 4) is 0 Å². The molecule has 1 aliphatic heterocycles. The van der Waals surface area contributed by atoms with Crippen molar-refractivity contribution in [2.75, 3.05) is 41.7 Å². The quantitative estimate of drug-likeness (QED) is 0.585. The molecule has 0 aliphatic carbocycles. The van der Waals surface area contributed by atoms with Gasteiger partial charge in [0.1, 0.15) is 10.8 Å². The standard InChI is InChI=1S/C22H25N5O2S/c1-17-4-2-5-18(14-17)26-9-11-27(12-10-26)20-7-8-22(25-24-20)30-16-21(28)23-15-19-6-3-13-29-19/h2-8,13-14H,9-12,15-16H2,1H3,(H,23,28). The maximum Gasteiger partial charge on any atom is 0.230 e. The van der Waals surface area contributed by atoms with Crippen molar-refractivity contribution < 1.29 is 9.21 Å². The fourth-order valence-corrected chi connectivity index (χ4v) is 4.01. The van der Waals surface area contributed by atoms with Gasteiger partial charge in [0.05, 0.1) is 18.6 Å². The highest BCUT2D eigenvalue weighted by atomic mass is 32.2. The Labute approximate surface area is 180 Å². The maximum atomic E-state index is 12.0. The van der Waals surface area contributed by atoms with E-state index >= 15 is 0 Å². The molecule has 0 unspecified atom stereocenters. The molecular formula is C22H25N5O2S. The fraction of sp³-hybridized carbons (Fsp3) is 0.318. The number of anilines is 2. The second-order valence-corrected chi connectivity index (χ2v) is 8.18. The van der Waals surface area contributed by atoms with Gasteiger partial charge in [-0.2, -0.15) is 0 Å². The monoisotopic (exact) mass is 423 g/mol. The summed E-state index contributed by atoms with van der Waals surface area (Å²) in [7, 11) is 0. The fourth-order valence-electron chi connectivity index (χ4n) is 3.37. The number of furan rings is 1. The summed E-state index contributed by atoms with van der Waals surface area (Å²) in [5, 5.41) is 12.2. The molecule has 1 N–H and O–H groups in total. The lowest BCUT2D eigenvalue weighted by atomic mass is 10.2. The third kappa shape index (κ3) is 5.33. The van der Waals surface area contributed by atoms with Crippen LogP contribution in [0.2, 0.25) is 0 Å². The second kappa shape index (κ2) is 9.67. The first kappa shape index (κ1) is 20.3. The lowest BCUT2D eigenvalue weighted by Gasteiger charge is -2.36. The van der Waals surface area contributed by atoms with Gasteiger partial charge in [-0.1, -0.05) is 23.9 Å². The van der Waals surface area contributed by atoms with Gasteiger partial charge in [0.2, 0.25) is 5.91 Å². The SMILES string of the molecule is Cc1cccc(N2CCN(c3ccc(SCC(=O)NCc4ccco4)nn3)CC2)c1. The van der Waals surface area contributed by atoms with Crippen LogP contribution in [0.5, 0.6) is 0 Å². The Morgan fingerprint density at radius 2 is 1.90 bits per heavy atom. The molecule has 7 nitrogen and oxygen atoms in total. The van der Waals surface area contributed by atoms with E-state index in [0.29, 0.717) is 12.3 Å². The molecule has 0 spiro atoms. The molecule has 8 heteroatoms. The van der Waals surface area contributed by atoms with Gasteiger partial charge < -0.3 is 19.5 Å². The van der Waals surface area contributed by atoms with Crippen LogP contribution in [0.4, 0.5) is 11.5 Å². The van der Waals surface area contributed by atoms with Crippen LogP contribution in [0, 0.1) is 6.92 Å². The smallest absolute Gasteiger partial charge is 0.230 e. The van der Waals surface area contributed by atoms with E-state index in [2.05, 4.69) is 56.5 Å². The van der Waals surface area contributed by atoms with Crippen molar-refractivity contribution in [2.24, 2.45) is 0 Å². The number of nitrogens with one attached hydrogen (secondary N) is 1. The van der Waals surface area contributed by atoms with Crippen molar-refractivity contribution >= 4 is 29.2 Å². The molecule has 156 valence electrons. The highest BCUT2D eigenvalue weighted by Gasteiger charge is 2.19. The summed E-state index contributed by atoms with van der Waals surface area (Å²) in [4.78, 5) is 16.6. The van der Waals surface area contributed by atoms with Crippen LogP contribution in [0.25, 0.3) is 0 Å². The minimum absolute atomic E-state index is 0.0606. The zero-order chi connectivity index (χ0) is 20.8. The Bertz CT molecular complexity index is 954. The predicted octanol–water partition coefficient (Wildman–Crippen LogP) is 3.11. The molecule has 1 amide bonds. The third-order valence-corrected chi connectivity index (χ3v) is 5.91. The molecule has 1 aromatic carbocycles. The number of thioether (sulfide) groups is 1. The number of rotatable bonds is 7. The summed E-state index contributed by atoms with van der Waals surface area (Å²) in [6, 6.07) is 16.2. The highest BCUT2D eigenvalue weighted by molar-refractivity contribution is 7.99. The lowest BCUT2D eigenvalue weighted by Crippen LogP contribution is -2.46. The number of carbonyl (C=O) groups is 1. The van der Waals surface area contributed by atoms with Gasteiger partial charge in [-0.05, 0) is 48.9 Å². The zero-order valence-corrected chi connectivity index (χ0v) is 17.8. The molecule has 2 aromatic heterocycles. The molecule has 3 heterocycles. The topological polar surface area (TPSA) is 74.5 Å². The average Bonchev–Trinajstić information content (AvgIpc) is 3.31. The Hall–Kier alpha value is -3.00. The van der Waals surface area contributed by atoms with Crippen LogP contribution in [-0.4, -0.2) is 48.0 Å². The summed E-state index contributed by atoms with van der Waals surface area (Å²) in [5.41, 5.74) is 2.56. The number of aromatic nitrogens is 2. The van der Waals surface area contributed by atoms with E-state index in [1.807, 2.05) is 18.2 Å². The van der Waals surface area contributed by atoms with Crippen LogP contribution >= 0.6 is 11.8 Å². The van der Waals surface area contributed by atoms with Crippen LogP contribution in [-0.2, 0) is 11.3 Å². The van der Waals surface area contributed by atoms with E-state index in [0.717, 1.165) is 42.8 Å². The molecule has 3 aromatic rings. The van der Waals surface area contributed by atoms with Gasteiger partial charge in [0, 0.05) is 31.9 Å². The molecule has 1 saturated heterocycles. The average molecular weight is 424 g/mol. The predicted molar refractivity (Wildman–Crippen MR) is 119 cm³/mol. The number of hydrogen-bond donors (Lipinski definition) is 1. The molecule has 0 atom stereocenters. The Morgan fingerprint density at radius 3 is 2.60 bits per heavy atom. The third-order valence-electron chi connectivity index (χ3n) is 4.99. The summed E-state index contributed by atoms with van der Waals surface area (Å²) < 4.78 is 5.20. The molecule has 1 fully saturated rings. The number of carbonyl (C=O) groups excluding carboxylic acids is 1. The van der Waals surface area contributed by atoms with E-state index in [1.165, 1.54) is 23.0 Å². The van der Waals surface area contributed by atoms with Crippen LogP contribution in [0.3, 0.4) is 0 Å².